The molecular weight excluding hydrogens is 274 g/mol. The van der Waals surface area contributed by atoms with Gasteiger partial charge in [-0.15, -0.1) is 0 Å². The molecule has 0 saturated carbocycles. The van der Waals surface area contributed by atoms with E-state index in [-0.39, 0.29) is 0 Å². The lowest BCUT2D eigenvalue weighted by Crippen LogP contribution is -2.19. The average Bonchev–Trinajstić information content (AvgIpc) is 3.22. The van der Waals surface area contributed by atoms with E-state index in [1.165, 1.54) is 29.3 Å². The number of aromatic nitrogens is 3. The molecule has 114 valence electrons. The molecule has 4 nitrogen and oxygen atoms in total. The highest BCUT2D eigenvalue weighted by atomic mass is 16.5. The summed E-state index contributed by atoms with van der Waals surface area (Å²) < 4.78 is 7.84. The van der Waals surface area contributed by atoms with Gasteiger partial charge < -0.3 is 14.3 Å². The van der Waals surface area contributed by atoms with Crippen LogP contribution in [-0.4, -0.2) is 27.7 Å². The highest BCUT2D eigenvalue weighted by Gasteiger charge is 2.15. The molecule has 22 heavy (non-hydrogen) atoms. The van der Waals surface area contributed by atoms with Crippen LogP contribution in [-0.2, 0) is 11.3 Å². The smallest absolute Gasteiger partial charge is 0.139 e. The summed E-state index contributed by atoms with van der Waals surface area (Å²) in [6, 6.07) is 8.57. The monoisotopic (exact) mass is 295 g/mol. The Morgan fingerprint density at radius 1 is 1.32 bits per heavy atom. The van der Waals surface area contributed by atoms with Crippen molar-refractivity contribution in [3.63, 3.8) is 0 Å². The second-order valence-electron chi connectivity index (χ2n) is 6.10. The van der Waals surface area contributed by atoms with Gasteiger partial charge >= 0.3 is 0 Å². The fourth-order valence-electron chi connectivity index (χ4n) is 3.30. The lowest BCUT2D eigenvalue weighted by Gasteiger charge is -2.22. The predicted molar refractivity (Wildman–Crippen MR) is 87.7 cm³/mol. The van der Waals surface area contributed by atoms with E-state index in [1.807, 2.05) is 12.4 Å². The molecule has 1 aliphatic heterocycles. The lowest BCUT2D eigenvalue weighted by molar-refractivity contribution is 0.0501. The molecule has 3 aromatic rings. The van der Waals surface area contributed by atoms with Crippen molar-refractivity contribution in [2.75, 3.05) is 13.2 Å². The number of rotatable bonds is 4. The molecule has 0 radical (unpaired) electrons. The normalized spacial score (nSPS) is 18.8. The third-order valence-electron chi connectivity index (χ3n) is 4.56. The van der Waals surface area contributed by atoms with Gasteiger partial charge in [-0.25, -0.2) is 4.98 Å². The van der Waals surface area contributed by atoms with E-state index in [2.05, 4.69) is 45.0 Å². The van der Waals surface area contributed by atoms with Crippen LogP contribution in [0.25, 0.3) is 22.3 Å². The first-order chi connectivity index (χ1) is 10.9. The Kier molecular flexibility index (Phi) is 3.69. The molecule has 2 aromatic heterocycles. The Labute approximate surface area is 130 Å². The number of ether oxygens (including phenoxy) is 1. The predicted octanol–water partition coefficient (Wildman–Crippen LogP) is 3.85. The molecule has 0 bridgehead atoms. The van der Waals surface area contributed by atoms with Crippen molar-refractivity contribution >= 4 is 10.9 Å². The maximum absolute atomic E-state index is 5.58. The average molecular weight is 295 g/mol. The van der Waals surface area contributed by atoms with Crippen LogP contribution in [0.2, 0.25) is 0 Å². The number of fused-ring (bicyclic) bond motifs is 1. The molecule has 3 heterocycles. The summed E-state index contributed by atoms with van der Waals surface area (Å²) in [5, 5.41) is 1.23. The molecule has 0 amide bonds. The SMILES string of the molecule is c1cn(CCC2CCCOC2)c(-c2ccc3[nH]ccc3c2)n1. The number of imidazole rings is 1. The van der Waals surface area contributed by atoms with Gasteiger partial charge in [0, 0.05) is 54.8 Å². The van der Waals surface area contributed by atoms with E-state index in [1.54, 1.807) is 0 Å². The second kappa shape index (κ2) is 5.97. The zero-order chi connectivity index (χ0) is 14.8. The molecule has 0 spiro atoms. The first kappa shape index (κ1) is 13.6. The van der Waals surface area contributed by atoms with Gasteiger partial charge in [0.15, 0.2) is 0 Å². The van der Waals surface area contributed by atoms with Crippen LogP contribution in [0.1, 0.15) is 19.3 Å². The third-order valence-corrected chi connectivity index (χ3v) is 4.56. The van der Waals surface area contributed by atoms with E-state index in [9.17, 15) is 0 Å². The molecule has 1 aromatic carbocycles. The van der Waals surface area contributed by atoms with Crippen molar-refractivity contribution < 1.29 is 4.74 Å². The van der Waals surface area contributed by atoms with Gasteiger partial charge in [0.25, 0.3) is 0 Å². The maximum Gasteiger partial charge on any atom is 0.139 e. The highest BCUT2D eigenvalue weighted by molar-refractivity contribution is 5.83. The molecule has 4 rings (SSSR count). The second-order valence-corrected chi connectivity index (χ2v) is 6.10. The van der Waals surface area contributed by atoms with Crippen LogP contribution in [0.15, 0.2) is 42.9 Å². The van der Waals surface area contributed by atoms with E-state index < -0.39 is 0 Å². The van der Waals surface area contributed by atoms with E-state index in [0.717, 1.165) is 32.0 Å². The molecule has 4 heteroatoms. The third kappa shape index (κ3) is 2.66. The summed E-state index contributed by atoms with van der Waals surface area (Å²) in [5.41, 5.74) is 2.35. The molecule has 1 saturated heterocycles. The Hall–Kier alpha value is -2.07. The number of H-pyrrole nitrogens is 1. The lowest BCUT2D eigenvalue weighted by atomic mass is 9.98. The van der Waals surface area contributed by atoms with Gasteiger partial charge in [-0.1, -0.05) is 0 Å². The first-order valence-electron chi connectivity index (χ1n) is 8.06. The molecule has 1 aliphatic rings. The quantitative estimate of drug-likeness (QED) is 0.794. The van der Waals surface area contributed by atoms with Crippen LogP contribution in [0.3, 0.4) is 0 Å². The van der Waals surface area contributed by atoms with Crippen molar-refractivity contribution in [2.45, 2.75) is 25.8 Å². The minimum atomic E-state index is 0.691. The van der Waals surface area contributed by atoms with Crippen LogP contribution in [0.5, 0.6) is 0 Å². The minimum absolute atomic E-state index is 0.691. The number of benzene rings is 1. The molecule has 1 fully saturated rings. The molecular formula is C18H21N3O. The summed E-state index contributed by atoms with van der Waals surface area (Å²) in [4.78, 5) is 7.80. The molecule has 1 atom stereocenters. The van der Waals surface area contributed by atoms with E-state index in [4.69, 9.17) is 4.74 Å². The van der Waals surface area contributed by atoms with Crippen molar-refractivity contribution in [2.24, 2.45) is 5.92 Å². The van der Waals surface area contributed by atoms with Crippen molar-refractivity contribution in [3.8, 4) is 11.4 Å². The standard InChI is InChI=1S/C18H21N3O/c1-2-14(13-22-11-1)6-9-21-10-8-20-18(21)16-3-4-17-15(12-16)5-7-19-17/h3-5,7-8,10,12,14,19H,1-2,6,9,11,13H2. The number of nitrogens with zero attached hydrogens (tertiary/aromatic N) is 2. The van der Waals surface area contributed by atoms with Crippen LogP contribution >= 0.6 is 0 Å². The Bertz CT molecular complexity index is 752. The fourth-order valence-corrected chi connectivity index (χ4v) is 3.30. The molecule has 1 unspecified atom stereocenters. The summed E-state index contributed by atoms with van der Waals surface area (Å²) >= 11 is 0. The maximum atomic E-state index is 5.58. The minimum Gasteiger partial charge on any atom is -0.381 e. The zero-order valence-electron chi connectivity index (χ0n) is 12.7. The zero-order valence-corrected chi connectivity index (χ0v) is 12.7. The summed E-state index contributed by atoms with van der Waals surface area (Å²) in [6.07, 6.45) is 9.61. The van der Waals surface area contributed by atoms with Crippen LogP contribution in [0, 0.1) is 5.92 Å². The van der Waals surface area contributed by atoms with E-state index in [0.29, 0.717) is 5.92 Å². The largest absolute Gasteiger partial charge is 0.381 e. The summed E-state index contributed by atoms with van der Waals surface area (Å²) in [6.45, 7) is 2.86. The summed E-state index contributed by atoms with van der Waals surface area (Å²) in [5.74, 6) is 1.75. The van der Waals surface area contributed by atoms with Crippen molar-refractivity contribution in [1.82, 2.24) is 14.5 Å². The van der Waals surface area contributed by atoms with Gasteiger partial charge in [-0.05, 0) is 49.4 Å². The van der Waals surface area contributed by atoms with E-state index >= 15 is 0 Å². The fraction of sp³-hybridized carbons (Fsp3) is 0.389. The van der Waals surface area contributed by atoms with Crippen molar-refractivity contribution in [1.29, 1.82) is 0 Å². The first-order valence-corrected chi connectivity index (χ1v) is 8.06. The van der Waals surface area contributed by atoms with Gasteiger partial charge in [0.1, 0.15) is 5.82 Å². The Morgan fingerprint density at radius 2 is 2.32 bits per heavy atom. The summed E-state index contributed by atoms with van der Waals surface area (Å²) in [7, 11) is 0. The van der Waals surface area contributed by atoms with Gasteiger partial charge in [-0.2, -0.15) is 0 Å². The topological polar surface area (TPSA) is 42.8 Å². The number of aromatic amines is 1. The molecule has 1 N–H and O–H groups in total. The van der Waals surface area contributed by atoms with Crippen LogP contribution < -0.4 is 0 Å². The van der Waals surface area contributed by atoms with Gasteiger partial charge in [-0.3, -0.25) is 0 Å². The Balaban J connectivity index is 1.53. The highest BCUT2D eigenvalue weighted by Crippen LogP contribution is 2.24. The van der Waals surface area contributed by atoms with Crippen molar-refractivity contribution in [3.05, 3.63) is 42.9 Å². The van der Waals surface area contributed by atoms with Gasteiger partial charge in [0.05, 0.1) is 0 Å². The number of hydrogen-bond donors (Lipinski definition) is 1. The number of aryl methyl sites for hydroxylation is 1. The van der Waals surface area contributed by atoms with Gasteiger partial charge in [0.2, 0.25) is 0 Å². The Morgan fingerprint density at radius 3 is 3.23 bits per heavy atom. The van der Waals surface area contributed by atoms with Crippen LogP contribution in [0.4, 0.5) is 0 Å². The number of nitrogens with one attached hydrogen (secondary N) is 1. The molecule has 0 aliphatic carbocycles. The number of hydrogen-bond acceptors (Lipinski definition) is 2.